The van der Waals surface area contributed by atoms with Gasteiger partial charge in [-0.1, -0.05) is 12.1 Å². The quantitative estimate of drug-likeness (QED) is 0.579. The number of para-hydroxylation sites is 1. The van der Waals surface area contributed by atoms with Gasteiger partial charge in [-0.05, 0) is 59.8 Å². The minimum Gasteiger partial charge on any atom is -0.481 e. The van der Waals surface area contributed by atoms with Gasteiger partial charge >= 0.3 is 0 Å². The Morgan fingerprint density at radius 2 is 1.85 bits per heavy atom. The third-order valence-electron chi connectivity index (χ3n) is 2.71. The topological polar surface area (TPSA) is 26.3 Å². The Kier molecular flexibility index (Phi) is 4.69. The summed E-state index contributed by atoms with van der Waals surface area (Å²) in [6.45, 7) is 1.58. The van der Waals surface area contributed by atoms with E-state index in [2.05, 4.69) is 22.6 Å². The molecular weight excluding hydrogens is 377 g/mol. The lowest BCUT2D eigenvalue weighted by Crippen LogP contribution is -2.24. The summed E-state index contributed by atoms with van der Waals surface area (Å²) in [5, 5.41) is 0. The summed E-state index contributed by atoms with van der Waals surface area (Å²) in [6.07, 6.45) is -0.782. The molecule has 0 aromatic heterocycles. The Morgan fingerprint density at radius 3 is 2.50 bits per heavy atom. The second-order valence-electron chi connectivity index (χ2n) is 4.18. The Bertz CT molecular complexity index is 644. The highest BCUT2D eigenvalue weighted by molar-refractivity contribution is 14.1. The van der Waals surface area contributed by atoms with E-state index in [1.165, 1.54) is 6.07 Å². The van der Waals surface area contributed by atoms with Crippen LogP contribution in [0.5, 0.6) is 5.75 Å². The zero-order valence-electron chi connectivity index (χ0n) is 10.6. The van der Waals surface area contributed by atoms with E-state index in [1.54, 1.807) is 19.1 Å². The standard InChI is InChI=1S/C15H11F2IO2/c1-9(20-14-5-3-2-4-13(14)18)15(19)10-6-7-11(16)12(17)8-10/h2-9H,1H3. The molecule has 0 amide bonds. The van der Waals surface area contributed by atoms with Crippen LogP contribution in [0.4, 0.5) is 8.78 Å². The van der Waals surface area contributed by atoms with Crippen molar-refractivity contribution in [1.29, 1.82) is 0 Å². The fourth-order valence-electron chi connectivity index (χ4n) is 1.67. The van der Waals surface area contributed by atoms with Crippen molar-refractivity contribution in [3.8, 4) is 5.75 Å². The van der Waals surface area contributed by atoms with Crippen LogP contribution in [-0.2, 0) is 0 Å². The van der Waals surface area contributed by atoms with E-state index in [1.807, 2.05) is 12.1 Å². The van der Waals surface area contributed by atoms with Crippen molar-refractivity contribution in [2.75, 3.05) is 0 Å². The SMILES string of the molecule is CC(Oc1ccccc1I)C(=O)c1ccc(F)c(F)c1. The minimum atomic E-state index is -1.04. The number of hydrogen-bond acceptors (Lipinski definition) is 2. The molecule has 0 fully saturated rings. The predicted octanol–water partition coefficient (Wildman–Crippen LogP) is 4.22. The van der Waals surface area contributed by atoms with Crippen molar-refractivity contribution in [3.05, 3.63) is 63.2 Å². The molecule has 0 N–H and O–H groups in total. The summed E-state index contributed by atoms with van der Waals surface area (Å²) in [6, 6.07) is 10.3. The lowest BCUT2D eigenvalue weighted by Gasteiger charge is -2.15. The van der Waals surface area contributed by atoms with Gasteiger partial charge in [0, 0.05) is 5.56 Å². The molecule has 1 atom stereocenters. The molecule has 2 nitrogen and oxygen atoms in total. The summed E-state index contributed by atoms with van der Waals surface area (Å²) in [4.78, 5) is 12.1. The Balaban J connectivity index is 2.16. The van der Waals surface area contributed by atoms with Gasteiger partial charge in [0.2, 0.25) is 5.78 Å². The number of halogens is 3. The molecule has 2 aromatic carbocycles. The third kappa shape index (κ3) is 3.33. The zero-order chi connectivity index (χ0) is 14.7. The lowest BCUT2D eigenvalue weighted by atomic mass is 10.1. The van der Waals surface area contributed by atoms with E-state index in [0.29, 0.717) is 5.75 Å². The van der Waals surface area contributed by atoms with E-state index >= 15 is 0 Å². The van der Waals surface area contributed by atoms with Gasteiger partial charge in [0.15, 0.2) is 17.7 Å². The van der Waals surface area contributed by atoms with Crippen LogP contribution >= 0.6 is 22.6 Å². The van der Waals surface area contributed by atoms with E-state index in [-0.39, 0.29) is 5.56 Å². The van der Waals surface area contributed by atoms with Crippen molar-refractivity contribution in [2.24, 2.45) is 0 Å². The van der Waals surface area contributed by atoms with Crippen molar-refractivity contribution >= 4 is 28.4 Å². The number of Topliss-reactive ketones (excluding diaryl/α,β-unsaturated/α-hetero) is 1. The molecule has 104 valence electrons. The largest absolute Gasteiger partial charge is 0.481 e. The maximum atomic E-state index is 13.1. The van der Waals surface area contributed by atoms with Crippen LogP contribution < -0.4 is 4.74 Å². The van der Waals surface area contributed by atoms with Gasteiger partial charge in [-0.25, -0.2) is 8.78 Å². The van der Waals surface area contributed by atoms with E-state index < -0.39 is 23.5 Å². The van der Waals surface area contributed by atoms with Gasteiger partial charge in [-0.3, -0.25) is 4.79 Å². The first-order valence-corrected chi connectivity index (χ1v) is 6.97. The molecule has 1 unspecified atom stereocenters. The first-order chi connectivity index (χ1) is 9.49. The molecule has 0 spiro atoms. The molecule has 0 saturated heterocycles. The third-order valence-corrected chi connectivity index (χ3v) is 3.60. The van der Waals surface area contributed by atoms with E-state index in [0.717, 1.165) is 15.7 Å². The number of ketones is 1. The molecule has 0 bridgehead atoms. The van der Waals surface area contributed by atoms with Crippen molar-refractivity contribution in [2.45, 2.75) is 13.0 Å². The van der Waals surface area contributed by atoms with Gasteiger partial charge in [-0.2, -0.15) is 0 Å². The van der Waals surface area contributed by atoms with Gasteiger partial charge in [-0.15, -0.1) is 0 Å². The van der Waals surface area contributed by atoms with Gasteiger partial charge in [0.25, 0.3) is 0 Å². The maximum absolute atomic E-state index is 13.1. The second-order valence-corrected chi connectivity index (χ2v) is 5.35. The van der Waals surface area contributed by atoms with Crippen molar-refractivity contribution in [3.63, 3.8) is 0 Å². The van der Waals surface area contributed by atoms with Gasteiger partial charge < -0.3 is 4.74 Å². The Hall–Kier alpha value is -1.50. The minimum absolute atomic E-state index is 0.0855. The Morgan fingerprint density at radius 1 is 1.15 bits per heavy atom. The average Bonchev–Trinajstić information content (AvgIpc) is 2.43. The number of ether oxygens (including phenoxy) is 1. The van der Waals surface area contributed by atoms with Crippen molar-refractivity contribution in [1.82, 2.24) is 0 Å². The first kappa shape index (κ1) is 14.9. The number of carbonyl (C=O) groups is 1. The molecule has 0 aliphatic heterocycles. The highest BCUT2D eigenvalue weighted by Crippen LogP contribution is 2.22. The van der Waals surface area contributed by atoms with Crippen LogP contribution in [-0.4, -0.2) is 11.9 Å². The molecule has 0 aliphatic carbocycles. The van der Waals surface area contributed by atoms with E-state index in [9.17, 15) is 13.6 Å². The number of carbonyl (C=O) groups excluding carboxylic acids is 1. The molecule has 0 aliphatic rings. The highest BCUT2D eigenvalue weighted by Gasteiger charge is 2.19. The molecule has 2 rings (SSSR count). The summed E-state index contributed by atoms with van der Waals surface area (Å²) in [5.41, 5.74) is 0.0855. The predicted molar refractivity (Wildman–Crippen MR) is 79.9 cm³/mol. The van der Waals surface area contributed by atoms with Gasteiger partial charge in [0.1, 0.15) is 5.75 Å². The monoisotopic (exact) mass is 388 g/mol. The zero-order valence-corrected chi connectivity index (χ0v) is 12.7. The molecule has 2 aromatic rings. The fourth-order valence-corrected chi connectivity index (χ4v) is 2.18. The molecule has 0 radical (unpaired) electrons. The van der Waals surface area contributed by atoms with Crippen molar-refractivity contribution < 1.29 is 18.3 Å². The van der Waals surface area contributed by atoms with Gasteiger partial charge in [0.05, 0.1) is 3.57 Å². The fraction of sp³-hybridized carbons (Fsp3) is 0.133. The summed E-state index contributed by atoms with van der Waals surface area (Å²) >= 11 is 2.10. The van der Waals surface area contributed by atoms with Crippen LogP contribution in [0.25, 0.3) is 0 Å². The number of benzene rings is 2. The maximum Gasteiger partial charge on any atom is 0.203 e. The van der Waals surface area contributed by atoms with Crippen LogP contribution in [0.3, 0.4) is 0 Å². The molecule has 5 heteroatoms. The first-order valence-electron chi connectivity index (χ1n) is 5.89. The summed E-state index contributed by atoms with van der Waals surface area (Å²) in [5.74, 6) is -1.84. The second kappa shape index (κ2) is 6.30. The van der Waals surface area contributed by atoms with Crippen LogP contribution in [0.1, 0.15) is 17.3 Å². The average molecular weight is 388 g/mol. The highest BCUT2D eigenvalue weighted by atomic mass is 127. The number of hydrogen-bond donors (Lipinski definition) is 0. The normalized spacial score (nSPS) is 12.0. The molecular formula is C15H11F2IO2. The Labute approximate surface area is 128 Å². The van der Waals surface area contributed by atoms with Crippen LogP contribution in [0.15, 0.2) is 42.5 Å². The van der Waals surface area contributed by atoms with Crippen LogP contribution in [0, 0.1) is 15.2 Å². The summed E-state index contributed by atoms with van der Waals surface area (Å²) in [7, 11) is 0. The lowest BCUT2D eigenvalue weighted by molar-refractivity contribution is 0.0816. The van der Waals surface area contributed by atoms with Crippen LogP contribution in [0.2, 0.25) is 0 Å². The van der Waals surface area contributed by atoms with E-state index in [4.69, 9.17) is 4.74 Å². The number of rotatable bonds is 4. The molecule has 0 heterocycles. The summed E-state index contributed by atoms with van der Waals surface area (Å²) < 4.78 is 32.4. The smallest absolute Gasteiger partial charge is 0.203 e. The molecule has 20 heavy (non-hydrogen) atoms. The molecule has 0 saturated carbocycles.